The molecule has 31 heavy (non-hydrogen) atoms. The number of amides is 1. The largest absolute Gasteiger partial charge is 0.419 e. The molecule has 1 aromatic heterocycles. The summed E-state index contributed by atoms with van der Waals surface area (Å²) in [4.78, 5) is 32.8. The molecule has 0 spiro atoms. The zero-order valence-corrected chi connectivity index (χ0v) is 16.8. The predicted octanol–water partition coefficient (Wildman–Crippen LogP) is 3.60. The summed E-state index contributed by atoms with van der Waals surface area (Å²) in [7, 11) is 0. The second kappa shape index (κ2) is 8.64. The van der Waals surface area contributed by atoms with Gasteiger partial charge in [0, 0.05) is 12.6 Å². The zero-order valence-electron chi connectivity index (χ0n) is 16.8. The maximum Gasteiger partial charge on any atom is 0.419 e. The minimum absolute atomic E-state index is 0.0352. The lowest BCUT2D eigenvalue weighted by Crippen LogP contribution is -2.34. The Morgan fingerprint density at radius 1 is 1.29 bits per heavy atom. The molecule has 0 radical (unpaired) electrons. The summed E-state index contributed by atoms with van der Waals surface area (Å²) in [5.41, 5.74) is -2.11. The first kappa shape index (κ1) is 22.7. The molecule has 1 fully saturated rings. The van der Waals surface area contributed by atoms with Crippen molar-refractivity contribution in [2.45, 2.75) is 38.7 Å². The molecular weight excluding hydrogens is 423 g/mol. The lowest BCUT2D eigenvalue weighted by atomic mass is 9.94. The average Bonchev–Trinajstić information content (AvgIpc) is 3.10. The number of hydrogen-bond acceptors (Lipinski definition) is 4. The number of alkyl halides is 4. The lowest BCUT2D eigenvalue weighted by molar-refractivity contribution is -0.140. The first-order chi connectivity index (χ1) is 14.5. The molecule has 1 aliphatic rings. The van der Waals surface area contributed by atoms with Crippen molar-refractivity contribution >= 4 is 11.9 Å². The Balaban J connectivity index is 1.86. The third-order valence-electron chi connectivity index (χ3n) is 5.00. The predicted molar refractivity (Wildman–Crippen MR) is 103 cm³/mol. The highest BCUT2D eigenvalue weighted by Crippen LogP contribution is 2.33. The van der Waals surface area contributed by atoms with Crippen LogP contribution >= 0.6 is 0 Å². The fourth-order valence-electron chi connectivity index (χ4n) is 3.43. The highest BCUT2D eigenvalue weighted by molar-refractivity contribution is 5.92. The zero-order chi connectivity index (χ0) is 22.9. The van der Waals surface area contributed by atoms with Gasteiger partial charge in [-0.1, -0.05) is 19.9 Å². The smallest absolute Gasteiger partial charge is 0.344 e. The Hall–Kier alpha value is -2.98. The SMILES string of the molecule is CC(C)[C@@H](NC(=O)c1cc(=O)[nH]c(N2CC[C@H](F)C2)n1)c1ccc(C(F)(F)F)c(F)c1. The average molecular weight is 444 g/mol. The van der Waals surface area contributed by atoms with E-state index in [1.165, 1.54) is 4.90 Å². The van der Waals surface area contributed by atoms with Crippen LogP contribution in [0.3, 0.4) is 0 Å². The van der Waals surface area contributed by atoms with E-state index < -0.39 is 41.2 Å². The van der Waals surface area contributed by atoms with Gasteiger partial charge in [0.15, 0.2) is 0 Å². The number of anilines is 1. The Bertz CT molecular complexity index is 1020. The second-order valence-electron chi connectivity index (χ2n) is 7.72. The van der Waals surface area contributed by atoms with Gasteiger partial charge in [-0.3, -0.25) is 14.6 Å². The van der Waals surface area contributed by atoms with E-state index in [0.717, 1.165) is 18.2 Å². The van der Waals surface area contributed by atoms with E-state index in [-0.39, 0.29) is 36.1 Å². The van der Waals surface area contributed by atoms with Gasteiger partial charge < -0.3 is 10.2 Å². The van der Waals surface area contributed by atoms with Gasteiger partial charge >= 0.3 is 6.18 Å². The van der Waals surface area contributed by atoms with Crippen LogP contribution in [-0.4, -0.2) is 35.1 Å². The molecule has 11 heteroatoms. The maximum absolute atomic E-state index is 14.0. The van der Waals surface area contributed by atoms with Crippen LogP contribution in [0.4, 0.5) is 27.9 Å². The first-order valence-corrected chi connectivity index (χ1v) is 9.63. The summed E-state index contributed by atoms with van der Waals surface area (Å²) in [5.74, 6) is -2.47. The van der Waals surface area contributed by atoms with Gasteiger partial charge in [-0.2, -0.15) is 13.2 Å². The highest BCUT2D eigenvalue weighted by atomic mass is 19.4. The van der Waals surface area contributed by atoms with Crippen LogP contribution < -0.4 is 15.8 Å². The molecule has 0 unspecified atom stereocenters. The van der Waals surface area contributed by atoms with Crippen LogP contribution in [-0.2, 0) is 6.18 Å². The molecule has 1 amide bonds. The van der Waals surface area contributed by atoms with E-state index in [0.29, 0.717) is 12.6 Å². The Morgan fingerprint density at radius 2 is 2.00 bits per heavy atom. The number of rotatable bonds is 5. The van der Waals surface area contributed by atoms with E-state index in [2.05, 4.69) is 15.3 Å². The van der Waals surface area contributed by atoms with Crippen molar-refractivity contribution in [1.29, 1.82) is 0 Å². The lowest BCUT2D eigenvalue weighted by Gasteiger charge is -2.24. The van der Waals surface area contributed by atoms with Crippen LogP contribution in [0.2, 0.25) is 0 Å². The molecule has 3 rings (SSSR count). The van der Waals surface area contributed by atoms with Crippen LogP contribution in [0.1, 0.15) is 47.9 Å². The van der Waals surface area contributed by atoms with E-state index in [1.807, 2.05) is 0 Å². The number of carbonyl (C=O) groups is 1. The molecule has 2 N–H and O–H groups in total. The Morgan fingerprint density at radius 3 is 2.55 bits per heavy atom. The minimum Gasteiger partial charge on any atom is -0.344 e. The highest BCUT2D eigenvalue weighted by Gasteiger charge is 2.34. The van der Waals surface area contributed by atoms with Gasteiger partial charge in [-0.25, -0.2) is 13.8 Å². The van der Waals surface area contributed by atoms with Gasteiger partial charge in [0.25, 0.3) is 11.5 Å². The number of halogens is 5. The molecule has 1 saturated heterocycles. The van der Waals surface area contributed by atoms with Gasteiger partial charge in [-0.05, 0) is 30.0 Å². The van der Waals surface area contributed by atoms with Crippen LogP contribution in [0.5, 0.6) is 0 Å². The Labute approximate surface area is 174 Å². The van der Waals surface area contributed by atoms with Crippen molar-refractivity contribution in [2.24, 2.45) is 5.92 Å². The van der Waals surface area contributed by atoms with Gasteiger partial charge in [0.1, 0.15) is 17.7 Å². The van der Waals surface area contributed by atoms with Crippen molar-refractivity contribution < 1.29 is 26.7 Å². The number of aromatic amines is 1. The van der Waals surface area contributed by atoms with Gasteiger partial charge in [0.05, 0.1) is 18.2 Å². The summed E-state index contributed by atoms with van der Waals surface area (Å²) in [6.45, 7) is 3.76. The molecule has 2 heterocycles. The number of benzene rings is 1. The van der Waals surface area contributed by atoms with E-state index in [4.69, 9.17) is 0 Å². The molecule has 1 aromatic carbocycles. The fourth-order valence-corrected chi connectivity index (χ4v) is 3.43. The second-order valence-corrected chi connectivity index (χ2v) is 7.72. The summed E-state index contributed by atoms with van der Waals surface area (Å²) in [6.07, 6.45) is -5.63. The number of nitrogens with zero attached hydrogens (tertiary/aromatic N) is 2. The number of H-pyrrole nitrogens is 1. The van der Waals surface area contributed by atoms with Gasteiger partial charge in [0.2, 0.25) is 5.95 Å². The number of aromatic nitrogens is 2. The third-order valence-corrected chi connectivity index (χ3v) is 5.00. The minimum atomic E-state index is -4.83. The van der Waals surface area contributed by atoms with Crippen LogP contribution in [0, 0.1) is 11.7 Å². The van der Waals surface area contributed by atoms with E-state index in [1.54, 1.807) is 13.8 Å². The van der Waals surface area contributed by atoms with Crippen LogP contribution in [0.25, 0.3) is 0 Å². The molecule has 168 valence electrons. The number of carbonyl (C=O) groups excluding carboxylic acids is 1. The summed E-state index contributed by atoms with van der Waals surface area (Å²) in [5, 5.41) is 2.59. The third kappa shape index (κ3) is 5.20. The summed E-state index contributed by atoms with van der Waals surface area (Å²) >= 11 is 0. The van der Waals surface area contributed by atoms with Gasteiger partial charge in [-0.15, -0.1) is 0 Å². The van der Waals surface area contributed by atoms with E-state index in [9.17, 15) is 31.5 Å². The molecule has 1 aliphatic heterocycles. The topological polar surface area (TPSA) is 78.1 Å². The molecule has 2 atom stereocenters. The van der Waals surface area contributed by atoms with Crippen molar-refractivity contribution in [3.8, 4) is 0 Å². The standard InChI is InChI=1S/C20H21F5N4O2/c1-10(2)17(11-3-4-13(14(22)7-11)20(23,24)25)28-18(31)15-8-16(30)27-19(26-15)29-6-5-12(21)9-29/h3-4,7-8,10,12,17H,5-6,9H2,1-2H3,(H,28,31)(H,26,27,30)/t12-,17+/m0/s1. The van der Waals surface area contributed by atoms with Crippen molar-refractivity contribution in [3.05, 3.63) is 57.3 Å². The summed E-state index contributed by atoms with van der Waals surface area (Å²) < 4.78 is 65.9. The fraction of sp³-hybridized carbons (Fsp3) is 0.450. The molecule has 0 saturated carbocycles. The van der Waals surface area contributed by atoms with E-state index >= 15 is 0 Å². The summed E-state index contributed by atoms with van der Waals surface area (Å²) in [6, 6.07) is 2.58. The molecular formula is C20H21F5N4O2. The molecule has 0 bridgehead atoms. The molecule has 2 aromatic rings. The van der Waals surface area contributed by atoms with Crippen LogP contribution in [0.15, 0.2) is 29.1 Å². The quantitative estimate of drug-likeness (QED) is 0.691. The normalized spacial score (nSPS) is 17.8. The molecule has 0 aliphatic carbocycles. The van der Waals surface area contributed by atoms with Crippen molar-refractivity contribution in [1.82, 2.24) is 15.3 Å². The first-order valence-electron chi connectivity index (χ1n) is 9.63. The maximum atomic E-state index is 14.0. The number of hydrogen-bond donors (Lipinski definition) is 2. The molecule has 6 nitrogen and oxygen atoms in total. The van der Waals surface area contributed by atoms with Crippen molar-refractivity contribution in [2.75, 3.05) is 18.0 Å². The van der Waals surface area contributed by atoms with Crippen molar-refractivity contribution in [3.63, 3.8) is 0 Å². The number of nitrogens with one attached hydrogen (secondary N) is 2. The monoisotopic (exact) mass is 444 g/mol. The Kier molecular flexibility index (Phi) is 6.33.